The molecule has 0 bridgehead atoms. The number of hydrogen-bond donors (Lipinski definition) is 2. The summed E-state index contributed by atoms with van der Waals surface area (Å²) >= 11 is 0. The van der Waals surface area contributed by atoms with Crippen LogP contribution in [0.1, 0.15) is 25.7 Å². The van der Waals surface area contributed by atoms with E-state index in [2.05, 4.69) is 10.6 Å². The first-order valence-corrected chi connectivity index (χ1v) is 5.84. The van der Waals surface area contributed by atoms with Crippen molar-refractivity contribution in [1.82, 2.24) is 10.6 Å². The van der Waals surface area contributed by atoms with Crippen LogP contribution in [0.2, 0.25) is 0 Å². The third-order valence-electron chi connectivity index (χ3n) is 3.53. The van der Waals surface area contributed by atoms with Gasteiger partial charge in [0.2, 0.25) is 5.91 Å². The molecule has 15 heavy (non-hydrogen) atoms. The summed E-state index contributed by atoms with van der Waals surface area (Å²) in [6.45, 7) is 1.20. The van der Waals surface area contributed by atoms with E-state index in [1.807, 2.05) is 0 Å². The number of methoxy groups -OCH3 is 1. The summed E-state index contributed by atoms with van der Waals surface area (Å²) in [4.78, 5) is 11.7. The molecule has 0 aromatic heterocycles. The van der Waals surface area contributed by atoms with Crippen molar-refractivity contribution in [2.75, 3.05) is 20.3 Å². The largest absolute Gasteiger partial charge is 0.383 e. The zero-order chi connectivity index (χ0) is 10.7. The highest BCUT2D eigenvalue weighted by Gasteiger charge is 2.39. The number of nitrogens with one attached hydrogen (secondary N) is 2. The Balaban J connectivity index is 1.73. The van der Waals surface area contributed by atoms with Gasteiger partial charge < -0.3 is 15.4 Å². The summed E-state index contributed by atoms with van der Waals surface area (Å²) in [5.41, 5.74) is 0. The average Bonchev–Trinajstić information content (AvgIpc) is 2.76. The van der Waals surface area contributed by atoms with Crippen molar-refractivity contribution >= 4 is 5.91 Å². The van der Waals surface area contributed by atoms with Gasteiger partial charge in [-0.2, -0.15) is 0 Å². The Bertz CT molecular complexity index is 221. The maximum Gasteiger partial charge on any atom is 0.237 e. The quantitative estimate of drug-likeness (QED) is 0.658. The molecule has 3 atom stereocenters. The van der Waals surface area contributed by atoms with Crippen LogP contribution in [0.3, 0.4) is 0 Å². The van der Waals surface area contributed by atoms with Crippen LogP contribution in [-0.2, 0) is 9.53 Å². The third kappa shape index (κ3) is 2.49. The van der Waals surface area contributed by atoms with Crippen LogP contribution in [0.15, 0.2) is 0 Å². The Morgan fingerprint density at radius 2 is 2.40 bits per heavy atom. The van der Waals surface area contributed by atoms with Crippen LogP contribution in [0.25, 0.3) is 0 Å². The van der Waals surface area contributed by atoms with Crippen LogP contribution < -0.4 is 10.6 Å². The molecule has 1 saturated carbocycles. The predicted octanol–water partition coefficient (Wildman–Crippen LogP) is 0.280. The van der Waals surface area contributed by atoms with Crippen molar-refractivity contribution in [2.45, 2.75) is 37.8 Å². The Kier molecular flexibility index (Phi) is 3.59. The predicted molar refractivity (Wildman–Crippen MR) is 57.6 cm³/mol. The van der Waals surface area contributed by atoms with Gasteiger partial charge in [-0.1, -0.05) is 6.42 Å². The summed E-state index contributed by atoms with van der Waals surface area (Å²) in [6.07, 6.45) is 4.87. The maximum atomic E-state index is 11.7. The smallest absolute Gasteiger partial charge is 0.237 e. The van der Waals surface area contributed by atoms with Gasteiger partial charge in [0.05, 0.1) is 12.6 Å². The van der Waals surface area contributed by atoms with Gasteiger partial charge in [0, 0.05) is 19.7 Å². The van der Waals surface area contributed by atoms with Gasteiger partial charge in [0.15, 0.2) is 0 Å². The number of ether oxygens (including phenoxy) is 1. The van der Waals surface area contributed by atoms with Crippen molar-refractivity contribution < 1.29 is 9.53 Å². The fourth-order valence-corrected chi connectivity index (χ4v) is 2.75. The van der Waals surface area contributed by atoms with E-state index in [9.17, 15) is 4.79 Å². The van der Waals surface area contributed by atoms with Crippen molar-refractivity contribution in [3.8, 4) is 0 Å². The van der Waals surface area contributed by atoms with E-state index in [1.54, 1.807) is 7.11 Å². The molecule has 4 heteroatoms. The molecule has 2 rings (SSSR count). The number of carbonyl (C=O) groups excluding carboxylic acids is 1. The van der Waals surface area contributed by atoms with Crippen molar-refractivity contribution in [3.05, 3.63) is 0 Å². The summed E-state index contributed by atoms with van der Waals surface area (Å²) in [5.74, 6) is 0.879. The van der Waals surface area contributed by atoms with Gasteiger partial charge in [-0.15, -0.1) is 0 Å². The second-order valence-electron chi connectivity index (χ2n) is 4.54. The molecule has 1 aliphatic heterocycles. The van der Waals surface area contributed by atoms with E-state index in [0.717, 1.165) is 12.3 Å². The normalized spacial score (nSPS) is 34.1. The van der Waals surface area contributed by atoms with E-state index < -0.39 is 0 Å². The average molecular weight is 212 g/mol. The van der Waals surface area contributed by atoms with Crippen LogP contribution >= 0.6 is 0 Å². The number of hydrogen-bond acceptors (Lipinski definition) is 3. The van der Waals surface area contributed by atoms with E-state index in [-0.39, 0.29) is 11.9 Å². The Morgan fingerprint density at radius 3 is 3.13 bits per heavy atom. The molecular weight excluding hydrogens is 192 g/mol. The lowest BCUT2D eigenvalue weighted by atomic mass is 10.0. The molecular formula is C11H20N2O2. The number of carbonyl (C=O) groups is 1. The number of fused-ring (bicyclic) bond motifs is 1. The third-order valence-corrected chi connectivity index (χ3v) is 3.53. The molecule has 0 unspecified atom stereocenters. The first-order chi connectivity index (χ1) is 7.31. The van der Waals surface area contributed by atoms with Crippen molar-refractivity contribution in [1.29, 1.82) is 0 Å². The molecule has 2 aliphatic rings. The standard InChI is InChI=1S/C11H20N2O2/c1-15-6-5-12-11(14)10-7-8-3-2-4-9(8)13-10/h8-10,13H,2-7H2,1H3,(H,12,14)/t8-,9-,10-/m0/s1. The molecule has 1 amide bonds. The van der Waals surface area contributed by atoms with Gasteiger partial charge in [-0.05, 0) is 25.2 Å². The summed E-state index contributed by atoms with van der Waals surface area (Å²) in [7, 11) is 1.64. The molecule has 0 radical (unpaired) electrons. The second kappa shape index (κ2) is 4.94. The van der Waals surface area contributed by atoms with E-state index in [0.29, 0.717) is 19.2 Å². The van der Waals surface area contributed by atoms with Gasteiger partial charge in [0.25, 0.3) is 0 Å². The second-order valence-corrected chi connectivity index (χ2v) is 4.54. The highest BCUT2D eigenvalue weighted by atomic mass is 16.5. The van der Waals surface area contributed by atoms with Gasteiger partial charge >= 0.3 is 0 Å². The zero-order valence-corrected chi connectivity index (χ0v) is 9.29. The van der Waals surface area contributed by atoms with Gasteiger partial charge in [-0.3, -0.25) is 4.79 Å². The van der Waals surface area contributed by atoms with Crippen LogP contribution in [-0.4, -0.2) is 38.3 Å². The fourth-order valence-electron chi connectivity index (χ4n) is 2.75. The van der Waals surface area contributed by atoms with Crippen LogP contribution in [0, 0.1) is 5.92 Å². The minimum atomic E-state index is 0.0390. The Morgan fingerprint density at radius 1 is 1.53 bits per heavy atom. The monoisotopic (exact) mass is 212 g/mol. The fraction of sp³-hybridized carbons (Fsp3) is 0.909. The SMILES string of the molecule is COCCNC(=O)[C@@H]1C[C@@H]2CCC[C@@H]2N1. The molecule has 2 N–H and O–H groups in total. The first kappa shape index (κ1) is 10.9. The van der Waals surface area contributed by atoms with Crippen LogP contribution in [0.5, 0.6) is 0 Å². The highest BCUT2D eigenvalue weighted by Crippen LogP contribution is 2.34. The zero-order valence-electron chi connectivity index (χ0n) is 9.29. The molecule has 4 nitrogen and oxygen atoms in total. The van der Waals surface area contributed by atoms with Gasteiger partial charge in [-0.25, -0.2) is 0 Å². The van der Waals surface area contributed by atoms with Crippen molar-refractivity contribution in [3.63, 3.8) is 0 Å². The summed E-state index contributed by atoms with van der Waals surface area (Å²) in [5, 5.41) is 6.32. The molecule has 1 saturated heterocycles. The minimum Gasteiger partial charge on any atom is -0.383 e. The number of amides is 1. The first-order valence-electron chi connectivity index (χ1n) is 5.84. The molecule has 1 aliphatic carbocycles. The highest BCUT2D eigenvalue weighted by molar-refractivity contribution is 5.82. The molecule has 1 heterocycles. The topological polar surface area (TPSA) is 50.4 Å². The summed E-state index contributed by atoms with van der Waals surface area (Å²) < 4.78 is 4.89. The molecule has 0 aromatic rings. The molecule has 2 fully saturated rings. The van der Waals surface area contributed by atoms with Crippen molar-refractivity contribution in [2.24, 2.45) is 5.92 Å². The molecule has 86 valence electrons. The summed E-state index contributed by atoms with van der Waals surface area (Å²) in [6, 6.07) is 0.639. The van der Waals surface area contributed by atoms with E-state index in [4.69, 9.17) is 4.74 Å². The lowest BCUT2D eigenvalue weighted by molar-refractivity contribution is -0.123. The molecule has 0 spiro atoms. The van der Waals surface area contributed by atoms with E-state index >= 15 is 0 Å². The Labute approximate surface area is 90.8 Å². The molecule has 0 aromatic carbocycles. The van der Waals surface area contributed by atoms with Crippen LogP contribution in [0.4, 0.5) is 0 Å². The Hall–Kier alpha value is -0.610. The lowest BCUT2D eigenvalue weighted by Gasteiger charge is -2.12. The van der Waals surface area contributed by atoms with Gasteiger partial charge in [0.1, 0.15) is 0 Å². The lowest BCUT2D eigenvalue weighted by Crippen LogP contribution is -2.43. The maximum absolute atomic E-state index is 11.7. The minimum absolute atomic E-state index is 0.0390. The van der Waals surface area contributed by atoms with E-state index in [1.165, 1.54) is 19.3 Å². The number of rotatable bonds is 4.